The fraction of sp³-hybridized carbons (Fsp3) is 0.519. The lowest BCUT2D eigenvalue weighted by molar-refractivity contribution is 0.0697. The number of methoxy groups -OCH3 is 1. The Morgan fingerprint density at radius 3 is 2.59 bits per heavy atom. The van der Waals surface area contributed by atoms with E-state index in [1.165, 1.54) is 38.5 Å². The van der Waals surface area contributed by atoms with E-state index in [2.05, 4.69) is 12.2 Å². The number of hydrogen-bond acceptors (Lipinski definition) is 4. The predicted molar refractivity (Wildman–Crippen MR) is 135 cm³/mol. The quantitative estimate of drug-likeness (QED) is 0.402. The van der Waals surface area contributed by atoms with E-state index in [1.54, 1.807) is 13.2 Å². The van der Waals surface area contributed by atoms with E-state index < -0.39 is 5.97 Å². The molecule has 1 atom stereocenters. The highest BCUT2D eigenvalue weighted by Crippen LogP contribution is 2.33. The molecule has 5 heteroatoms. The SMILES string of the molecule is CCSCC(CC1CCCCC1)NCc1cc(-c2ccccc2C)c(C(=O)O)cc1OC. The number of hydrogen-bond donors (Lipinski definition) is 2. The number of ether oxygens (including phenoxy) is 1. The smallest absolute Gasteiger partial charge is 0.336 e. The van der Waals surface area contributed by atoms with Crippen molar-refractivity contribution in [2.75, 3.05) is 18.6 Å². The molecule has 1 fully saturated rings. The molecule has 0 bridgehead atoms. The molecule has 0 spiro atoms. The lowest BCUT2D eigenvalue weighted by Crippen LogP contribution is -2.33. The highest BCUT2D eigenvalue weighted by atomic mass is 32.2. The maximum atomic E-state index is 12.0. The Labute approximate surface area is 197 Å². The van der Waals surface area contributed by atoms with Gasteiger partial charge < -0.3 is 15.2 Å². The first-order chi connectivity index (χ1) is 15.5. The summed E-state index contributed by atoms with van der Waals surface area (Å²) in [5, 5.41) is 13.6. The average molecular weight is 456 g/mol. The number of benzene rings is 2. The Kier molecular flexibility index (Phi) is 9.49. The van der Waals surface area contributed by atoms with Gasteiger partial charge in [0.25, 0.3) is 0 Å². The fourth-order valence-electron chi connectivity index (χ4n) is 4.78. The lowest BCUT2D eigenvalue weighted by Gasteiger charge is -2.27. The number of carbonyl (C=O) groups is 1. The number of carboxylic acid groups (broad SMARTS) is 1. The zero-order chi connectivity index (χ0) is 22.9. The van der Waals surface area contributed by atoms with E-state index in [0.717, 1.165) is 39.7 Å². The fourth-order valence-corrected chi connectivity index (χ4v) is 5.55. The summed E-state index contributed by atoms with van der Waals surface area (Å²) in [5.74, 6) is 2.74. The summed E-state index contributed by atoms with van der Waals surface area (Å²) in [5.41, 5.74) is 4.05. The van der Waals surface area contributed by atoms with Gasteiger partial charge >= 0.3 is 5.97 Å². The first-order valence-electron chi connectivity index (χ1n) is 11.8. The summed E-state index contributed by atoms with van der Waals surface area (Å²) in [6, 6.07) is 12.1. The van der Waals surface area contributed by atoms with Gasteiger partial charge in [-0.2, -0.15) is 11.8 Å². The molecule has 2 N–H and O–H groups in total. The molecule has 0 aliphatic heterocycles. The van der Waals surface area contributed by atoms with Crippen molar-refractivity contribution in [3.8, 4) is 16.9 Å². The topological polar surface area (TPSA) is 58.6 Å². The molecule has 32 heavy (non-hydrogen) atoms. The number of nitrogens with one attached hydrogen (secondary N) is 1. The van der Waals surface area contributed by atoms with Crippen LogP contribution < -0.4 is 10.1 Å². The van der Waals surface area contributed by atoms with Crippen LogP contribution in [0.2, 0.25) is 0 Å². The van der Waals surface area contributed by atoms with Gasteiger partial charge in [-0.15, -0.1) is 0 Å². The van der Waals surface area contributed by atoms with E-state index in [9.17, 15) is 9.90 Å². The third-order valence-electron chi connectivity index (χ3n) is 6.53. The van der Waals surface area contributed by atoms with Crippen LogP contribution in [0, 0.1) is 12.8 Å². The van der Waals surface area contributed by atoms with E-state index in [0.29, 0.717) is 18.3 Å². The van der Waals surface area contributed by atoms with Gasteiger partial charge in [0.2, 0.25) is 0 Å². The summed E-state index contributed by atoms with van der Waals surface area (Å²) in [6.07, 6.45) is 8.03. The van der Waals surface area contributed by atoms with Gasteiger partial charge in [0, 0.05) is 23.9 Å². The molecule has 1 aliphatic carbocycles. The second-order valence-electron chi connectivity index (χ2n) is 8.81. The zero-order valence-corrected chi connectivity index (χ0v) is 20.5. The predicted octanol–water partition coefficient (Wildman–Crippen LogP) is 6.55. The van der Waals surface area contributed by atoms with Crippen molar-refractivity contribution in [3.63, 3.8) is 0 Å². The molecule has 2 aromatic carbocycles. The van der Waals surface area contributed by atoms with Crippen LogP contribution in [0.1, 0.15) is 66.9 Å². The molecule has 0 saturated heterocycles. The zero-order valence-electron chi connectivity index (χ0n) is 19.7. The van der Waals surface area contributed by atoms with Gasteiger partial charge in [0.15, 0.2) is 0 Å². The largest absolute Gasteiger partial charge is 0.496 e. The Morgan fingerprint density at radius 2 is 1.94 bits per heavy atom. The number of aryl methyl sites for hydroxylation is 1. The summed E-state index contributed by atoms with van der Waals surface area (Å²) in [6.45, 7) is 4.90. The van der Waals surface area contributed by atoms with E-state index in [4.69, 9.17) is 4.74 Å². The number of thioether (sulfide) groups is 1. The molecule has 1 saturated carbocycles. The lowest BCUT2D eigenvalue weighted by atomic mass is 9.85. The monoisotopic (exact) mass is 455 g/mol. The van der Waals surface area contributed by atoms with Gasteiger partial charge in [-0.1, -0.05) is 63.3 Å². The summed E-state index contributed by atoms with van der Waals surface area (Å²) >= 11 is 1.99. The number of rotatable bonds is 11. The van der Waals surface area contributed by atoms with E-state index in [-0.39, 0.29) is 5.56 Å². The molecule has 1 aliphatic rings. The highest BCUT2D eigenvalue weighted by molar-refractivity contribution is 7.99. The number of aromatic carboxylic acids is 1. The van der Waals surface area contributed by atoms with Gasteiger partial charge in [0.05, 0.1) is 12.7 Å². The van der Waals surface area contributed by atoms with Gasteiger partial charge in [0.1, 0.15) is 5.75 Å². The Bertz CT molecular complexity index is 892. The van der Waals surface area contributed by atoms with Crippen LogP contribution in [-0.4, -0.2) is 35.7 Å². The van der Waals surface area contributed by atoms with Gasteiger partial charge in [-0.25, -0.2) is 4.79 Å². The second kappa shape index (κ2) is 12.3. The molecular formula is C27H37NO3S. The van der Waals surface area contributed by atoms with Crippen molar-refractivity contribution >= 4 is 17.7 Å². The molecule has 0 radical (unpaired) electrons. The third-order valence-corrected chi connectivity index (χ3v) is 7.58. The molecular weight excluding hydrogens is 418 g/mol. The molecule has 2 aromatic rings. The van der Waals surface area contributed by atoms with Crippen molar-refractivity contribution in [2.45, 2.75) is 65.0 Å². The van der Waals surface area contributed by atoms with Crippen molar-refractivity contribution in [1.29, 1.82) is 0 Å². The Balaban J connectivity index is 1.85. The van der Waals surface area contributed by atoms with Gasteiger partial charge in [-0.05, 0) is 53.8 Å². The van der Waals surface area contributed by atoms with E-state index in [1.807, 2.05) is 49.0 Å². The highest BCUT2D eigenvalue weighted by Gasteiger charge is 2.21. The maximum absolute atomic E-state index is 12.0. The molecule has 0 heterocycles. The van der Waals surface area contributed by atoms with Crippen LogP contribution in [-0.2, 0) is 6.54 Å². The first kappa shape index (κ1) is 24.7. The molecule has 0 amide bonds. The minimum Gasteiger partial charge on any atom is -0.496 e. The molecule has 174 valence electrons. The van der Waals surface area contributed by atoms with Crippen LogP contribution >= 0.6 is 11.8 Å². The minimum atomic E-state index is -0.935. The van der Waals surface area contributed by atoms with Crippen LogP contribution in [0.15, 0.2) is 36.4 Å². The van der Waals surface area contributed by atoms with Crippen LogP contribution in [0.5, 0.6) is 5.75 Å². The van der Waals surface area contributed by atoms with Crippen LogP contribution in [0.25, 0.3) is 11.1 Å². The molecule has 1 unspecified atom stereocenters. The van der Waals surface area contributed by atoms with Crippen LogP contribution in [0.4, 0.5) is 0 Å². The third kappa shape index (κ3) is 6.52. The summed E-state index contributed by atoms with van der Waals surface area (Å²) in [4.78, 5) is 12.0. The van der Waals surface area contributed by atoms with Crippen molar-refractivity contribution in [2.24, 2.45) is 5.92 Å². The maximum Gasteiger partial charge on any atom is 0.336 e. The standard InChI is InChI=1S/C27H37NO3S/c1-4-32-18-22(14-20-11-6-5-7-12-20)28-17-21-15-24(23-13-9-8-10-19(23)2)25(27(29)30)16-26(21)31-3/h8-10,13,15-16,20,22,28H,4-7,11-12,14,17-18H2,1-3H3,(H,29,30). The van der Waals surface area contributed by atoms with Crippen molar-refractivity contribution < 1.29 is 14.6 Å². The minimum absolute atomic E-state index is 0.278. The van der Waals surface area contributed by atoms with E-state index >= 15 is 0 Å². The Hall–Kier alpha value is -1.98. The number of carboxylic acids is 1. The van der Waals surface area contributed by atoms with Crippen LogP contribution in [0.3, 0.4) is 0 Å². The summed E-state index contributed by atoms with van der Waals surface area (Å²) in [7, 11) is 1.62. The molecule has 3 rings (SSSR count). The summed E-state index contributed by atoms with van der Waals surface area (Å²) < 4.78 is 5.61. The molecule has 0 aromatic heterocycles. The normalized spacial score (nSPS) is 15.5. The Morgan fingerprint density at radius 1 is 1.19 bits per heavy atom. The van der Waals surface area contributed by atoms with Crippen molar-refractivity contribution in [1.82, 2.24) is 5.32 Å². The van der Waals surface area contributed by atoms with Crippen molar-refractivity contribution in [3.05, 3.63) is 53.1 Å². The first-order valence-corrected chi connectivity index (χ1v) is 13.0. The van der Waals surface area contributed by atoms with Gasteiger partial charge in [-0.3, -0.25) is 0 Å². The second-order valence-corrected chi connectivity index (χ2v) is 10.1. The average Bonchev–Trinajstić information content (AvgIpc) is 2.81. The molecule has 4 nitrogen and oxygen atoms in total.